The minimum atomic E-state index is 0.532. The highest BCUT2D eigenvalue weighted by Gasteiger charge is 2.31. The maximum Gasteiger partial charge on any atom is 0.0965 e. The van der Waals surface area contributed by atoms with E-state index >= 15 is 0 Å². The third-order valence-electron chi connectivity index (χ3n) is 4.45. The Bertz CT molecular complexity index is 402. The van der Waals surface area contributed by atoms with Crippen molar-refractivity contribution in [1.29, 1.82) is 0 Å². The summed E-state index contributed by atoms with van der Waals surface area (Å²) >= 11 is 1.79. The monoisotopic (exact) mass is 309 g/mol. The molecule has 2 heterocycles. The number of hydrogen-bond donors (Lipinski definition) is 1. The summed E-state index contributed by atoms with van der Waals surface area (Å²) in [6.07, 6.45) is 3.20. The summed E-state index contributed by atoms with van der Waals surface area (Å²) in [4.78, 5) is 7.20. The van der Waals surface area contributed by atoms with Gasteiger partial charge in [0.1, 0.15) is 0 Å². The van der Waals surface area contributed by atoms with Gasteiger partial charge >= 0.3 is 0 Å². The molecule has 0 saturated carbocycles. The predicted molar refractivity (Wildman–Crippen MR) is 92.0 cm³/mol. The second-order valence-electron chi connectivity index (χ2n) is 7.27. The molecule has 0 spiro atoms. The van der Waals surface area contributed by atoms with Crippen LogP contribution in [0.3, 0.4) is 0 Å². The molecule has 2 rings (SSSR count). The van der Waals surface area contributed by atoms with Gasteiger partial charge in [-0.3, -0.25) is 4.90 Å². The average molecular weight is 310 g/mol. The summed E-state index contributed by atoms with van der Waals surface area (Å²) < 4.78 is 0. The molecule has 0 aliphatic carbocycles. The number of nitrogens with one attached hydrogen (secondary N) is 1. The molecule has 21 heavy (non-hydrogen) atoms. The van der Waals surface area contributed by atoms with Crippen molar-refractivity contribution in [3.63, 3.8) is 0 Å². The first-order valence-corrected chi connectivity index (χ1v) is 9.22. The van der Waals surface area contributed by atoms with Crippen LogP contribution in [0.5, 0.6) is 0 Å². The third-order valence-corrected chi connectivity index (χ3v) is 5.45. The lowest BCUT2D eigenvalue weighted by Crippen LogP contribution is -2.59. The normalized spacial score (nSPS) is 25.7. The largest absolute Gasteiger partial charge is 0.311 e. The second-order valence-corrected chi connectivity index (χ2v) is 8.20. The summed E-state index contributed by atoms with van der Waals surface area (Å²) in [6, 6.07) is 1.29. The molecular weight excluding hydrogens is 278 g/mol. The highest BCUT2D eigenvalue weighted by molar-refractivity contribution is 7.09. The zero-order chi connectivity index (χ0) is 15.4. The van der Waals surface area contributed by atoms with Gasteiger partial charge in [0, 0.05) is 49.2 Å². The molecule has 120 valence electrons. The van der Waals surface area contributed by atoms with Crippen molar-refractivity contribution < 1.29 is 0 Å². The second kappa shape index (κ2) is 7.70. The van der Waals surface area contributed by atoms with Crippen LogP contribution in [0.25, 0.3) is 0 Å². The van der Waals surface area contributed by atoms with Crippen LogP contribution in [0.1, 0.15) is 52.0 Å². The first kappa shape index (κ1) is 16.9. The first-order valence-electron chi connectivity index (χ1n) is 8.34. The average Bonchev–Trinajstić information content (AvgIpc) is 2.91. The summed E-state index contributed by atoms with van der Waals surface area (Å²) in [5.74, 6) is 1.99. The Labute approximate surface area is 134 Å². The fourth-order valence-electron chi connectivity index (χ4n) is 3.40. The SMILES string of the molecule is CC(C)CC1CN(CC(C)c2nccs2)C(C(C)C)CN1. The lowest BCUT2D eigenvalue weighted by atomic mass is 9.94. The quantitative estimate of drug-likeness (QED) is 0.870. The summed E-state index contributed by atoms with van der Waals surface area (Å²) in [6.45, 7) is 15.1. The Morgan fingerprint density at radius 3 is 2.67 bits per heavy atom. The van der Waals surface area contributed by atoms with E-state index in [1.165, 1.54) is 18.0 Å². The van der Waals surface area contributed by atoms with Crippen molar-refractivity contribution in [2.45, 2.75) is 59.0 Å². The highest BCUT2D eigenvalue weighted by Crippen LogP contribution is 2.24. The molecule has 3 unspecified atom stereocenters. The maximum atomic E-state index is 4.50. The molecule has 1 aliphatic heterocycles. The van der Waals surface area contributed by atoms with Crippen molar-refractivity contribution in [3.05, 3.63) is 16.6 Å². The number of piperazine rings is 1. The topological polar surface area (TPSA) is 28.2 Å². The molecule has 4 heteroatoms. The Kier molecular flexibility index (Phi) is 6.20. The van der Waals surface area contributed by atoms with E-state index in [0.29, 0.717) is 23.9 Å². The van der Waals surface area contributed by atoms with Crippen LogP contribution < -0.4 is 5.32 Å². The van der Waals surface area contributed by atoms with Gasteiger partial charge in [-0.05, 0) is 18.3 Å². The molecule has 1 N–H and O–H groups in total. The van der Waals surface area contributed by atoms with E-state index in [4.69, 9.17) is 0 Å². The molecule has 0 aromatic carbocycles. The summed E-state index contributed by atoms with van der Waals surface area (Å²) in [5, 5.41) is 7.13. The van der Waals surface area contributed by atoms with E-state index in [-0.39, 0.29) is 0 Å². The van der Waals surface area contributed by atoms with Crippen molar-refractivity contribution in [2.75, 3.05) is 19.6 Å². The molecule has 3 atom stereocenters. The molecule has 0 bridgehead atoms. The molecule has 3 nitrogen and oxygen atoms in total. The zero-order valence-corrected chi connectivity index (χ0v) is 15.0. The van der Waals surface area contributed by atoms with Gasteiger partial charge in [-0.2, -0.15) is 0 Å². The summed E-state index contributed by atoms with van der Waals surface area (Å²) in [7, 11) is 0. The maximum absolute atomic E-state index is 4.50. The molecular formula is C17H31N3S. The van der Waals surface area contributed by atoms with Gasteiger partial charge in [0.05, 0.1) is 5.01 Å². The van der Waals surface area contributed by atoms with E-state index in [1.54, 1.807) is 11.3 Å². The molecule has 1 saturated heterocycles. The van der Waals surface area contributed by atoms with Gasteiger partial charge in [0.2, 0.25) is 0 Å². The van der Waals surface area contributed by atoms with Gasteiger partial charge in [-0.15, -0.1) is 11.3 Å². The number of aromatic nitrogens is 1. The molecule has 1 aliphatic rings. The number of hydrogen-bond acceptors (Lipinski definition) is 4. The predicted octanol–water partition coefficient (Wildman–Crippen LogP) is 3.59. The van der Waals surface area contributed by atoms with E-state index in [1.807, 2.05) is 6.20 Å². The fourth-order valence-corrected chi connectivity index (χ4v) is 4.09. The first-order chi connectivity index (χ1) is 9.97. The Hall–Kier alpha value is -0.450. The van der Waals surface area contributed by atoms with Gasteiger partial charge in [0.15, 0.2) is 0 Å². The van der Waals surface area contributed by atoms with Crippen LogP contribution in [-0.4, -0.2) is 41.6 Å². The highest BCUT2D eigenvalue weighted by atomic mass is 32.1. The van der Waals surface area contributed by atoms with Crippen molar-refractivity contribution in [3.8, 4) is 0 Å². The molecule has 0 amide bonds. The van der Waals surface area contributed by atoms with Crippen LogP contribution in [0.4, 0.5) is 0 Å². The Balaban J connectivity index is 2.00. The number of nitrogens with zero attached hydrogens (tertiary/aromatic N) is 2. The number of rotatable bonds is 6. The fraction of sp³-hybridized carbons (Fsp3) is 0.824. The van der Waals surface area contributed by atoms with Crippen LogP contribution in [-0.2, 0) is 0 Å². The molecule has 1 fully saturated rings. The number of thiazole rings is 1. The van der Waals surface area contributed by atoms with E-state index < -0.39 is 0 Å². The van der Waals surface area contributed by atoms with Crippen LogP contribution in [0.2, 0.25) is 0 Å². The lowest BCUT2D eigenvalue weighted by molar-refractivity contribution is 0.0872. The standard InChI is InChI=1S/C17H31N3S/c1-12(2)8-15-11-20(16(9-19-15)13(3)4)10-14(5)17-18-6-7-21-17/h6-7,12-16,19H,8-11H2,1-5H3. The van der Waals surface area contributed by atoms with Crippen LogP contribution in [0, 0.1) is 11.8 Å². The smallest absolute Gasteiger partial charge is 0.0965 e. The lowest BCUT2D eigenvalue weighted by Gasteiger charge is -2.43. The van der Waals surface area contributed by atoms with Gasteiger partial charge in [-0.25, -0.2) is 4.98 Å². The van der Waals surface area contributed by atoms with E-state index in [0.717, 1.165) is 19.0 Å². The van der Waals surface area contributed by atoms with Crippen molar-refractivity contribution in [2.24, 2.45) is 11.8 Å². The minimum Gasteiger partial charge on any atom is -0.311 e. The molecule has 0 radical (unpaired) electrons. The summed E-state index contributed by atoms with van der Waals surface area (Å²) in [5.41, 5.74) is 0. The Morgan fingerprint density at radius 1 is 1.33 bits per heavy atom. The Morgan fingerprint density at radius 2 is 2.10 bits per heavy atom. The van der Waals surface area contributed by atoms with Crippen molar-refractivity contribution >= 4 is 11.3 Å². The molecule has 1 aromatic heterocycles. The van der Waals surface area contributed by atoms with Crippen LogP contribution >= 0.6 is 11.3 Å². The van der Waals surface area contributed by atoms with E-state index in [2.05, 4.69) is 55.2 Å². The molecule has 1 aromatic rings. The zero-order valence-electron chi connectivity index (χ0n) is 14.2. The van der Waals surface area contributed by atoms with Crippen LogP contribution in [0.15, 0.2) is 11.6 Å². The van der Waals surface area contributed by atoms with Gasteiger partial charge in [0.25, 0.3) is 0 Å². The van der Waals surface area contributed by atoms with Crippen molar-refractivity contribution in [1.82, 2.24) is 15.2 Å². The van der Waals surface area contributed by atoms with Gasteiger partial charge < -0.3 is 5.32 Å². The van der Waals surface area contributed by atoms with Gasteiger partial charge in [-0.1, -0.05) is 34.6 Å². The minimum absolute atomic E-state index is 0.532. The van der Waals surface area contributed by atoms with E-state index in [9.17, 15) is 0 Å². The third kappa shape index (κ3) is 4.76.